The number of hydrogen-bond acceptors (Lipinski definition) is 3. The van der Waals surface area contributed by atoms with E-state index in [4.69, 9.17) is 4.74 Å². The summed E-state index contributed by atoms with van der Waals surface area (Å²) in [5.41, 5.74) is 2.92. The molecule has 0 spiro atoms. The summed E-state index contributed by atoms with van der Waals surface area (Å²) in [5.74, 6) is 1.01. The molecule has 0 saturated carbocycles. The van der Waals surface area contributed by atoms with Gasteiger partial charge in [0.2, 0.25) is 0 Å². The summed E-state index contributed by atoms with van der Waals surface area (Å²) in [7, 11) is 1.64. The number of rotatable bonds is 4. The maximum atomic E-state index is 12.9. The second-order valence-electron chi connectivity index (χ2n) is 8.59. The topological polar surface area (TPSA) is 53.6 Å². The van der Waals surface area contributed by atoms with Gasteiger partial charge < -0.3 is 20.3 Å². The number of hydrogen-bond donors (Lipinski definition) is 2. The van der Waals surface area contributed by atoms with Crippen LogP contribution in [0, 0.1) is 0 Å². The van der Waals surface area contributed by atoms with Crippen molar-refractivity contribution < 1.29 is 22.7 Å². The van der Waals surface area contributed by atoms with Gasteiger partial charge in [-0.05, 0) is 53.1 Å². The van der Waals surface area contributed by atoms with Crippen LogP contribution < -0.4 is 15.4 Å². The minimum atomic E-state index is -4.40. The van der Waals surface area contributed by atoms with Crippen LogP contribution in [0.15, 0.2) is 72.8 Å². The minimum absolute atomic E-state index is 0.0177. The van der Waals surface area contributed by atoms with Crippen molar-refractivity contribution in [3.8, 4) is 16.9 Å². The fourth-order valence-corrected chi connectivity index (χ4v) is 4.95. The zero-order valence-electron chi connectivity index (χ0n) is 18.5. The SMILES string of the molecule is COc1cccc(-c2ccc(C3[C@H]4CNC[C@@H]3N4C(=O)Nc3ccc(C(F)(F)F)cc3)cc2)c1. The monoisotopic (exact) mass is 467 g/mol. The smallest absolute Gasteiger partial charge is 0.416 e. The molecule has 8 heteroatoms. The predicted octanol–water partition coefficient (Wildman–Crippen LogP) is 5.35. The molecular weight excluding hydrogens is 443 g/mol. The number of nitrogens with one attached hydrogen (secondary N) is 2. The van der Waals surface area contributed by atoms with E-state index in [1.807, 2.05) is 24.3 Å². The number of carbonyl (C=O) groups is 1. The number of likely N-dealkylation sites (tertiary alicyclic amines) is 1. The molecule has 2 aliphatic rings. The first-order chi connectivity index (χ1) is 16.3. The third kappa shape index (κ3) is 4.09. The molecule has 34 heavy (non-hydrogen) atoms. The van der Waals surface area contributed by atoms with Crippen LogP contribution in [-0.4, -0.2) is 43.2 Å². The van der Waals surface area contributed by atoms with Crippen molar-refractivity contribution in [2.75, 3.05) is 25.5 Å². The van der Waals surface area contributed by atoms with E-state index < -0.39 is 11.7 Å². The molecule has 2 amide bonds. The quantitative estimate of drug-likeness (QED) is 0.544. The first kappa shape index (κ1) is 22.3. The Morgan fingerprint density at radius 1 is 0.971 bits per heavy atom. The number of nitrogens with zero attached hydrogens (tertiary/aromatic N) is 1. The number of anilines is 1. The molecule has 5 rings (SSSR count). The molecule has 0 aromatic heterocycles. The summed E-state index contributed by atoms with van der Waals surface area (Å²) in [6, 6.07) is 20.4. The Balaban J connectivity index is 1.28. The van der Waals surface area contributed by atoms with E-state index in [1.165, 1.54) is 17.7 Å². The molecule has 1 unspecified atom stereocenters. The number of halogens is 3. The standard InChI is InChI=1S/C26H24F3N3O2/c1-34-21-4-2-3-18(13-21)16-5-7-17(8-6-16)24-22-14-30-15-23(24)32(22)25(33)31-20-11-9-19(10-12-20)26(27,28)29/h2-13,22-24,30H,14-15H2,1H3,(H,31,33)/t22-,23+,24?. The molecule has 2 heterocycles. The third-order valence-electron chi connectivity index (χ3n) is 6.65. The number of ether oxygens (including phenoxy) is 1. The van der Waals surface area contributed by atoms with E-state index >= 15 is 0 Å². The molecule has 0 radical (unpaired) electrons. The highest BCUT2D eigenvalue weighted by atomic mass is 19.4. The molecule has 2 N–H and O–H groups in total. The molecule has 3 atom stereocenters. The molecular formula is C26H24F3N3O2. The highest BCUT2D eigenvalue weighted by Crippen LogP contribution is 2.43. The van der Waals surface area contributed by atoms with E-state index in [0.29, 0.717) is 18.8 Å². The fourth-order valence-electron chi connectivity index (χ4n) is 4.95. The molecule has 176 valence electrons. The lowest BCUT2D eigenvalue weighted by atomic mass is 9.72. The largest absolute Gasteiger partial charge is 0.497 e. The van der Waals surface area contributed by atoms with Gasteiger partial charge in [-0.25, -0.2) is 4.79 Å². The lowest BCUT2D eigenvalue weighted by Crippen LogP contribution is -2.74. The molecule has 5 nitrogen and oxygen atoms in total. The number of urea groups is 1. The summed E-state index contributed by atoms with van der Waals surface area (Å²) in [6.07, 6.45) is -4.40. The van der Waals surface area contributed by atoms with Crippen LogP contribution in [0.5, 0.6) is 5.75 Å². The summed E-state index contributed by atoms with van der Waals surface area (Å²) in [4.78, 5) is 14.7. The highest BCUT2D eigenvalue weighted by molar-refractivity contribution is 5.91. The molecule has 0 aliphatic carbocycles. The van der Waals surface area contributed by atoms with E-state index in [-0.39, 0.29) is 24.0 Å². The number of methoxy groups -OCH3 is 1. The molecule has 3 aromatic rings. The zero-order chi connectivity index (χ0) is 23.9. The Labute approximate surface area is 195 Å². The number of benzene rings is 3. The first-order valence-electron chi connectivity index (χ1n) is 11.1. The summed E-state index contributed by atoms with van der Waals surface area (Å²) in [5, 5.41) is 6.09. The maximum Gasteiger partial charge on any atom is 0.416 e. The van der Waals surface area contributed by atoms with Crippen LogP contribution in [-0.2, 0) is 6.18 Å². The number of fused-ring (bicyclic) bond motifs is 2. The van der Waals surface area contributed by atoms with Crippen LogP contribution in [0.25, 0.3) is 11.1 Å². The van der Waals surface area contributed by atoms with Crippen LogP contribution >= 0.6 is 0 Å². The van der Waals surface area contributed by atoms with Gasteiger partial charge in [0.1, 0.15) is 5.75 Å². The Hall–Kier alpha value is -3.52. The van der Waals surface area contributed by atoms with Gasteiger partial charge in [0, 0.05) is 24.7 Å². The second kappa shape index (κ2) is 8.68. The predicted molar refractivity (Wildman–Crippen MR) is 124 cm³/mol. The normalized spacial score (nSPS) is 21.5. The van der Waals surface area contributed by atoms with Crippen molar-refractivity contribution in [3.05, 3.63) is 83.9 Å². The Kier molecular flexibility index (Phi) is 5.69. The lowest BCUT2D eigenvalue weighted by Gasteiger charge is -2.59. The van der Waals surface area contributed by atoms with Gasteiger partial charge in [-0.15, -0.1) is 0 Å². The van der Waals surface area contributed by atoms with Crippen LogP contribution in [0.3, 0.4) is 0 Å². The van der Waals surface area contributed by atoms with Crippen molar-refractivity contribution in [2.45, 2.75) is 24.2 Å². The zero-order valence-corrected chi connectivity index (χ0v) is 18.5. The van der Waals surface area contributed by atoms with Crippen molar-refractivity contribution in [1.82, 2.24) is 10.2 Å². The van der Waals surface area contributed by atoms with Crippen molar-refractivity contribution in [2.24, 2.45) is 0 Å². The maximum absolute atomic E-state index is 12.9. The number of alkyl halides is 3. The van der Waals surface area contributed by atoms with Gasteiger partial charge in [-0.3, -0.25) is 0 Å². The van der Waals surface area contributed by atoms with Gasteiger partial charge in [0.15, 0.2) is 0 Å². The molecule has 3 aromatic carbocycles. The minimum Gasteiger partial charge on any atom is -0.497 e. The fraction of sp³-hybridized carbons (Fsp3) is 0.269. The average molecular weight is 467 g/mol. The number of carbonyl (C=O) groups excluding carboxylic acids is 1. The van der Waals surface area contributed by atoms with Gasteiger partial charge in [-0.1, -0.05) is 36.4 Å². The van der Waals surface area contributed by atoms with E-state index in [2.05, 4.69) is 34.9 Å². The summed E-state index contributed by atoms with van der Waals surface area (Å²) in [6.45, 7) is 1.33. The molecule has 2 fully saturated rings. The highest BCUT2D eigenvalue weighted by Gasteiger charge is 2.53. The average Bonchev–Trinajstić information content (AvgIpc) is 2.84. The Morgan fingerprint density at radius 2 is 1.65 bits per heavy atom. The lowest BCUT2D eigenvalue weighted by molar-refractivity contribution is -0.137. The molecule has 2 bridgehead atoms. The van der Waals surface area contributed by atoms with Crippen LogP contribution in [0.1, 0.15) is 17.0 Å². The van der Waals surface area contributed by atoms with Crippen LogP contribution in [0.2, 0.25) is 0 Å². The van der Waals surface area contributed by atoms with Gasteiger partial charge in [0.05, 0.1) is 24.8 Å². The summed E-state index contributed by atoms with van der Waals surface area (Å²) < 4.78 is 43.7. The first-order valence-corrected chi connectivity index (χ1v) is 11.1. The van der Waals surface area contributed by atoms with E-state index in [0.717, 1.165) is 29.0 Å². The van der Waals surface area contributed by atoms with Gasteiger partial charge in [-0.2, -0.15) is 13.2 Å². The van der Waals surface area contributed by atoms with Crippen molar-refractivity contribution in [1.29, 1.82) is 0 Å². The van der Waals surface area contributed by atoms with Crippen molar-refractivity contribution in [3.63, 3.8) is 0 Å². The van der Waals surface area contributed by atoms with Gasteiger partial charge in [0.25, 0.3) is 0 Å². The van der Waals surface area contributed by atoms with Crippen molar-refractivity contribution >= 4 is 11.7 Å². The van der Waals surface area contributed by atoms with E-state index in [1.54, 1.807) is 12.0 Å². The Morgan fingerprint density at radius 3 is 2.26 bits per heavy atom. The Bertz CT molecular complexity index is 1170. The van der Waals surface area contributed by atoms with Crippen LogP contribution in [0.4, 0.5) is 23.7 Å². The third-order valence-corrected chi connectivity index (χ3v) is 6.65. The number of amides is 2. The summed E-state index contributed by atoms with van der Waals surface area (Å²) >= 11 is 0. The van der Waals surface area contributed by atoms with Gasteiger partial charge >= 0.3 is 12.2 Å². The second-order valence-corrected chi connectivity index (χ2v) is 8.59. The number of piperazine rings is 1. The number of piperidine rings is 1. The molecule has 2 saturated heterocycles. The van der Waals surface area contributed by atoms with E-state index in [9.17, 15) is 18.0 Å². The molecule has 2 aliphatic heterocycles.